The molecule has 2 aromatic carbocycles. The summed E-state index contributed by atoms with van der Waals surface area (Å²) in [5.74, 6) is 0.404. The van der Waals surface area contributed by atoms with Gasteiger partial charge in [0.05, 0.1) is 12.2 Å². The number of hydrogen-bond acceptors (Lipinski definition) is 4. The predicted molar refractivity (Wildman–Crippen MR) is 97.5 cm³/mol. The Balaban J connectivity index is 1.65. The third-order valence-electron chi connectivity index (χ3n) is 4.11. The Morgan fingerprint density at radius 1 is 1.12 bits per heavy atom. The van der Waals surface area contributed by atoms with Gasteiger partial charge in [0, 0.05) is 17.3 Å². The summed E-state index contributed by atoms with van der Waals surface area (Å²) in [5, 5.41) is 6.17. The van der Waals surface area contributed by atoms with Gasteiger partial charge >= 0.3 is 0 Å². The van der Waals surface area contributed by atoms with E-state index >= 15 is 0 Å². The van der Waals surface area contributed by atoms with Crippen molar-refractivity contribution in [1.82, 2.24) is 19.6 Å². The topological polar surface area (TPSA) is 75.1 Å². The average Bonchev–Trinajstić information content (AvgIpc) is 3.06. The van der Waals surface area contributed by atoms with Crippen LogP contribution >= 0.6 is 0 Å². The highest BCUT2D eigenvalue weighted by Crippen LogP contribution is 2.16. The molecule has 0 saturated carbocycles. The van der Waals surface area contributed by atoms with Gasteiger partial charge in [-0.2, -0.15) is 9.50 Å². The van der Waals surface area contributed by atoms with E-state index in [1.165, 1.54) is 22.7 Å². The summed E-state index contributed by atoms with van der Waals surface area (Å²) < 4.78 is 14.3. The molecular formula is C19H16FN5O. The van der Waals surface area contributed by atoms with Gasteiger partial charge < -0.3 is 5.32 Å². The van der Waals surface area contributed by atoms with E-state index in [2.05, 4.69) is 20.4 Å². The number of aryl methyl sites for hydroxylation is 1. The SMILES string of the molecule is Cc1ccccc1NCc1cc(=O)n2[nH]c(-c3ccc(F)cc3)nc2n1. The van der Waals surface area contributed by atoms with Crippen molar-refractivity contribution < 1.29 is 4.39 Å². The quantitative estimate of drug-likeness (QED) is 0.593. The van der Waals surface area contributed by atoms with Crippen molar-refractivity contribution in [3.05, 3.63) is 82.0 Å². The fourth-order valence-corrected chi connectivity index (χ4v) is 2.71. The van der Waals surface area contributed by atoms with Gasteiger partial charge in [-0.15, -0.1) is 0 Å². The largest absolute Gasteiger partial charge is 0.379 e. The molecule has 0 aliphatic heterocycles. The Bertz CT molecular complexity index is 1130. The van der Waals surface area contributed by atoms with Crippen molar-refractivity contribution in [3.8, 4) is 11.4 Å². The molecule has 4 aromatic rings. The van der Waals surface area contributed by atoms with E-state index in [1.54, 1.807) is 12.1 Å². The maximum absolute atomic E-state index is 13.1. The van der Waals surface area contributed by atoms with E-state index in [-0.39, 0.29) is 17.2 Å². The van der Waals surface area contributed by atoms with Gasteiger partial charge in [-0.05, 0) is 42.8 Å². The number of halogens is 1. The van der Waals surface area contributed by atoms with Crippen LogP contribution in [0.3, 0.4) is 0 Å². The van der Waals surface area contributed by atoms with Crippen molar-refractivity contribution in [2.24, 2.45) is 0 Å². The summed E-state index contributed by atoms with van der Waals surface area (Å²) in [6.45, 7) is 2.42. The summed E-state index contributed by atoms with van der Waals surface area (Å²) in [4.78, 5) is 21.1. The molecule has 0 saturated heterocycles. The van der Waals surface area contributed by atoms with Crippen LogP contribution in [0.1, 0.15) is 11.3 Å². The zero-order valence-electron chi connectivity index (χ0n) is 14.0. The second-order valence-electron chi connectivity index (χ2n) is 5.97. The van der Waals surface area contributed by atoms with Crippen LogP contribution in [0.2, 0.25) is 0 Å². The highest BCUT2D eigenvalue weighted by atomic mass is 19.1. The van der Waals surface area contributed by atoms with Crippen LogP contribution in [0.25, 0.3) is 17.2 Å². The fraction of sp³-hybridized carbons (Fsp3) is 0.105. The average molecular weight is 349 g/mol. The van der Waals surface area contributed by atoms with E-state index in [0.29, 0.717) is 23.6 Å². The number of hydrogen-bond donors (Lipinski definition) is 2. The monoisotopic (exact) mass is 349 g/mol. The van der Waals surface area contributed by atoms with E-state index < -0.39 is 0 Å². The van der Waals surface area contributed by atoms with Crippen molar-refractivity contribution in [3.63, 3.8) is 0 Å². The second kappa shape index (κ2) is 6.44. The molecule has 2 aromatic heterocycles. The first-order valence-corrected chi connectivity index (χ1v) is 8.14. The van der Waals surface area contributed by atoms with Crippen molar-refractivity contribution in [2.45, 2.75) is 13.5 Å². The number of H-pyrrole nitrogens is 1. The first-order chi connectivity index (χ1) is 12.6. The Morgan fingerprint density at radius 2 is 1.88 bits per heavy atom. The maximum atomic E-state index is 13.1. The minimum absolute atomic E-state index is 0.252. The summed E-state index contributed by atoms with van der Waals surface area (Å²) >= 11 is 0. The molecule has 7 heteroatoms. The van der Waals surface area contributed by atoms with Crippen molar-refractivity contribution >= 4 is 11.5 Å². The number of nitrogens with zero attached hydrogens (tertiary/aromatic N) is 3. The Kier molecular flexibility index (Phi) is 3.96. The number of nitrogens with one attached hydrogen (secondary N) is 2. The van der Waals surface area contributed by atoms with Gasteiger partial charge in [-0.1, -0.05) is 18.2 Å². The van der Waals surface area contributed by atoms with Crippen molar-refractivity contribution in [2.75, 3.05) is 5.32 Å². The molecule has 0 radical (unpaired) electrons. The van der Waals surface area contributed by atoms with Crippen LogP contribution in [0.15, 0.2) is 59.4 Å². The number of para-hydroxylation sites is 1. The molecule has 0 amide bonds. The third kappa shape index (κ3) is 3.06. The molecule has 6 nitrogen and oxygen atoms in total. The van der Waals surface area contributed by atoms with E-state index in [0.717, 1.165) is 11.3 Å². The molecule has 4 rings (SSSR count). The highest BCUT2D eigenvalue weighted by Gasteiger charge is 2.10. The smallest absolute Gasteiger partial charge is 0.274 e. The van der Waals surface area contributed by atoms with E-state index in [4.69, 9.17) is 0 Å². The molecule has 0 fully saturated rings. The number of aromatic amines is 1. The zero-order chi connectivity index (χ0) is 18.1. The van der Waals surface area contributed by atoms with Gasteiger partial charge in [-0.25, -0.2) is 9.37 Å². The predicted octanol–water partition coefficient (Wildman–Crippen LogP) is 3.14. The minimum Gasteiger partial charge on any atom is -0.379 e. The number of fused-ring (bicyclic) bond motifs is 1. The van der Waals surface area contributed by atoms with Crippen LogP contribution in [-0.4, -0.2) is 19.6 Å². The molecular weight excluding hydrogens is 333 g/mol. The van der Waals surface area contributed by atoms with Crippen LogP contribution in [0.5, 0.6) is 0 Å². The molecule has 0 atom stereocenters. The van der Waals surface area contributed by atoms with Crippen LogP contribution in [0, 0.1) is 12.7 Å². The lowest BCUT2D eigenvalue weighted by atomic mass is 10.2. The molecule has 0 aliphatic rings. The third-order valence-corrected chi connectivity index (χ3v) is 4.11. The minimum atomic E-state index is -0.329. The van der Waals surface area contributed by atoms with E-state index in [1.807, 2.05) is 31.2 Å². The van der Waals surface area contributed by atoms with Gasteiger partial charge in [0.1, 0.15) is 5.82 Å². The Hall–Kier alpha value is -3.48. The molecule has 0 aliphatic carbocycles. The number of aromatic nitrogens is 4. The summed E-state index contributed by atoms with van der Waals surface area (Å²) in [6, 6.07) is 15.2. The number of benzene rings is 2. The molecule has 2 heterocycles. The fourth-order valence-electron chi connectivity index (χ4n) is 2.71. The molecule has 0 bridgehead atoms. The lowest BCUT2D eigenvalue weighted by molar-refractivity contribution is 0.628. The zero-order valence-corrected chi connectivity index (χ0v) is 14.0. The maximum Gasteiger partial charge on any atom is 0.274 e. The Labute approximate surface area is 148 Å². The van der Waals surface area contributed by atoms with Gasteiger partial charge in [0.2, 0.25) is 0 Å². The number of anilines is 1. The van der Waals surface area contributed by atoms with Crippen molar-refractivity contribution in [1.29, 1.82) is 0 Å². The van der Waals surface area contributed by atoms with Gasteiger partial charge in [0.25, 0.3) is 11.3 Å². The van der Waals surface area contributed by atoms with Crippen LogP contribution in [0.4, 0.5) is 10.1 Å². The lowest BCUT2D eigenvalue weighted by Gasteiger charge is -2.08. The molecule has 26 heavy (non-hydrogen) atoms. The van der Waals surface area contributed by atoms with Crippen LogP contribution in [-0.2, 0) is 6.54 Å². The molecule has 0 unspecified atom stereocenters. The normalized spacial score (nSPS) is 11.0. The van der Waals surface area contributed by atoms with Gasteiger partial charge in [0.15, 0.2) is 5.82 Å². The highest BCUT2D eigenvalue weighted by molar-refractivity contribution is 5.56. The van der Waals surface area contributed by atoms with E-state index in [9.17, 15) is 9.18 Å². The standard InChI is InChI=1S/C19H16FN5O/c1-12-4-2-3-5-16(12)21-11-15-10-17(26)25-19(22-15)23-18(24-25)13-6-8-14(20)9-7-13/h2-10,21H,11H2,1H3,(H,22,23,24). The summed E-state index contributed by atoms with van der Waals surface area (Å²) in [5.41, 5.74) is 3.12. The number of rotatable bonds is 4. The van der Waals surface area contributed by atoms with Gasteiger partial charge in [-0.3, -0.25) is 9.89 Å². The first-order valence-electron chi connectivity index (χ1n) is 8.14. The Morgan fingerprint density at radius 3 is 2.65 bits per heavy atom. The summed E-state index contributed by atoms with van der Waals surface area (Å²) in [7, 11) is 0. The molecule has 2 N–H and O–H groups in total. The molecule has 0 spiro atoms. The first kappa shape index (κ1) is 16.0. The second-order valence-corrected chi connectivity index (χ2v) is 5.97. The summed E-state index contributed by atoms with van der Waals surface area (Å²) in [6.07, 6.45) is 0. The molecule has 130 valence electrons. The van der Waals surface area contributed by atoms with Crippen LogP contribution < -0.4 is 10.9 Å². The lowest BCUT2D eigenvalue weighted by Crippen LogP contribution is -2.17.